The van der Waals surface area contributed by atoms with Gasteiger partial charge in [-0.1, -0.05) is 17.3 Å². The number of fused-ring (bicyclic) bond motifs is 1. The third kappa shape index (κ3) is 4.82. The SMILES string of the molecule is COC(=O)c1c(S(=O)(=O)NCCc2cccc(F)c2)sc2c1CCN(C(=O)c1ccno1)C2. The van der Waals surface area contributed by atoms with Crippen molar-refractivity contribution in [3.8, 4) is 0 Å². The van der Waals surface area contributed by atoms with Crippen LogP contribution in [0.1, 0.15) is 36.9 Å². The first kappa shape index (κ1) is 23.1. The molecule has 33 heavy (non-hydrogen) atoms. The minimum atomic E-state index is -4.06. The molecule has 1 N–H and O–H groups in total. The predicted octanol–water partition coefficient (Wildman–Crippen LogP) is 2.38. The molecule has 3 heterocycles. The molecule has 0 unspecified atom stereocenters. The summed E-state index contributed by atoms with van der Waals surface area (Å²) >= 11 is 0.928. The molecule has 12 heteroatoms. The number of carbonyl (C=O) groups excluding carboxylic acids is 2. The van der Waals surface area contributed by atoms with E-state index in [9.17, 15) is 22.4 Å². The Morgan fingerprint density at radius 1 is 1.33 bits per heavy atom. The van der Waals surface area contributed by atoms with Crippen molar-refractivity contribution in [1.82, 2.24) is 14.8 Å². The number of nitrogens with zero attached hydrogens (tertiary/aromatic N) is 2. The number of benzene rings is 1. The van der Waals surface area contributed by atoms with E-state index in [-0.39, 0.29) is 53.9 Å². The van der Waals surface area contributed by atoms with Crippen LogP contribution in [0.3, 0.4) is 0 Å². The van der Waals surface area contributed by atoms with Crippen LogP contribution in [0.2, 0.25) is 0 Å². The minimum absolute atomic E-state index is 0.0116. The number of thiophene rings is 1. The van der Waals surface area contributed by atoms with E-state index in [1.54, 1.807) is 12.1 Å². The van der Waals surface area contributed by atoms with Crippen LogP contribution in [-0.4, -0.2) is 50.6 Å². The highest BCUT2D eigenvalue weighted by atomic mass is 32.2. The van der Waals surface area contributed by atoms with Crippen molar-refractivity contribution in [2.75, 3.05) is 20.2 Å². The highest BCUT2D eigenvalue weighted by Crippen LogP contribution is 2.37. The number of carbonyl (C=O) groups is 2. The van der Waals surface area contributed by atoms with Gasteiger partial charge in [0.05, 0.1) is 25.4 Å². The monoisotopic (exact) mass is 493 g/mol. The van der Waals surface area contributed by atoms with E-state index in [2.05, 4.69) is 9.88 Å². The molecule has 2 aromatic heterocycles. The smallest absolute Gasteiger partial charge is 0.340 e. The maximum absolute atomic E-state index is 13.4. The molecule has 4 rings (SSSR count). The number of hydrogen-bond donors (Lipinski definition) is 1. The molecule has 1 aliphatic rings. The number of esters is 1. The Bertz CT molecular complexity index is 1290. The van der Waals surface area contributed by atoms with Crippen LogP contribution in [0.15, 0.2) is 45.3 Å². The fourth-order valence-corrected chi connectivity index (χ4v) is 6.59. The molecule has 0 radical (unpaired) electrons. The number of sulfonamides is 1. The van der Waals surface area contributed by atoms with Crippen molar-refractivity contribution in [3.05, 3.63) is 69.7 Å². The lowest BCUT2D eigenvalue weighted by Crippen LogP contribution is -2.35. The van der Waals surface area contributed by atoms with Gasteiger partial charge in [-0.25, -0.2) is 22.3 Å². The van der Waals surface area contributed by atoms with E-state index in [1.807, 2.05) is 0 Å². The van der Waals surface area contributed by atoms with Crippen LogP contribution >= 0.6 is 11.3 Å². The quantitative estimate of drug-likeness (QED) is 0.502. The highest BCUT2D eigenvalue weighted by Gasteiger charge is 2.35. The molecule has 3 aromatic rings. The Kier molecular flexibility index (Phi) is 6.58. The average Bonchev–Trinajstić information content (AvgIpc) is 3.46. The molecule has 0 atom stereocenters. The maximum Gasteiger partial charge on any atom is 0.340 e. The molecule has 1 amide bonds. The van der Waals surface area contributed by atoms with Crippen molar-refractivity contribution in [3.63, 3.8) is 0 Å². The number of amides is 1. The second kappa shape index (κ2) is 9.41. The zero-order valence-corrected chi connectivity index (χ0v) is 19.2. The lowest BCUT2D eigenvalue weighted by molar-refractivity contribution is 0.0595. The van der Waals surface area contributed by atoms with Crippen molar-refractivity contribution >= 4 is 33.2 Å². The number of rotatable bonds is 7. The third-order valence-electron chi connectivity index (χ3n) is 5.19. The predicted molar refractivity (Wildman–Crippen MR) is 116 cm³/mol. The summed E-state index contributed by atoms with van der Waals surface area (Å²) in [6.07, 6.45) is 1.92. The first-order chi connectivity index (χ1) is 15.8. The Hall–Kier alpha value is -3.09. The summed E-state index contributed by atoms with van der Waals surface area (Å²) < 4.78 is 51.6. The van der Waals surface area contributed by atoms with Crippen LogP contribution in [0.5, 0.6) is 0 Å². The molecule has 9 nitrogen and oxygen atoms in total. The number of ether oxygens (including phenoxy) is 1. The number of hydrogen-bond acceptors (Lipinski definition) is 8. The molecule has 0 spiro atoms. The van der Waals surface area contributed by atoms with E-state index in [0.717, 1.165) is 11.3 Å². The Balaban J connectivity index is 1.57. The number of halogens is 1. The van der Waals surface area contributed by atoms with Crippen molar-refractivity contribution in [2.45, 2.75) is 23.6 Å². The first-order valence-electron chi connectivity index (χ1n) is 9.97. The summed E-state index contributed by atoms with van der Waals surface area (Å²) in [4.78, 5) is 27.2. The van der Waals surface area contributed by atoms with Gasteiger partial charge in [-0.3, -0.25) is 4.79 Å². The molecule has 0 bridgehead atoms. The van der Waals surface area contributed by atoms with Gasteiger partial charge in [-0.15, -0.1) is 11.3 Å². The zero-order chi connectivity index (χ0) is 23.6. The molecule has 0 fully saturated rings. The molecule has 1 aliphatic heterocycles. The summed E-state index contributed by atoms with van der Waals surface area (Å²) in [6.45, 7) is 0.424. The van der Waals surface area contributed by atoms with Gasteiger partial charge < -0.3 is 14.2 Å². The van der Waals surface area contributed by atoms with E-state index in [0.29, 0.717) is 16.0 Å². The highest BCUT2D eigenvalue weighted by molar-refractivity contribution is 7.91. The van der Waals surface area contributed by atoms with Gasteiger partial charge in [0.2, 0.25) is 5.76 Å². The van der Waals surface area contributed by atoms with Gasteiger partial charge in [0, 0.05) is 24.0 Å². The molecular formula is C21H20FN3O6S2. The van der Waals surface area contributed by atoms with E-state index < -0.39 is 21.8 Å². The van der Waals surface area contributed by atoms with Crippen LogP contribution in [0.4, 0.5) is 4.39 Å². The van der Waals surface area contributed by atoms with E-state index >= 15 is 0 Å². The first-order valence-corrected chi connectivity index (χ1v) is 12.3. The van der Waals surface area contributed by atoms with Crippen LogP contribution in [-0.2, 0) is 34.1 Å². The van der Waals surface area contributed by atoms with Crippen molar-refractivity contribution in [2.24, 2.45) is 0 Å². The topological polar surface area (TPSA) is 119 Å². The van der Waals surface area contributed by atoms with Crippen LogP contribution < -0.4 is 4.72 Å². The van der Waals surface area contributed by atoms with Gasteiger partial charge in [0.15, 0.2) is 0 Å². The van der Waals surface area contributed by atoms with Crippen molar-refractivity contribution in [1.29, 1.82) is 0 Å². The largest absolute Gasteiger partial charge is 0.465 e. The Labute approximate surface area is 193 Å². The lowest BCUT2D eigenvalue weighted by atomic mass is 10.0. The molecule has 0 aliphatic carbocycles. The fraction of sp³-hybridized carbons (Fsp3) is 0.286. The number of methoxy groups -OCH3 is 1. The molecule has 0 saturated heterocycles. The van der Waals surface area contributed by atoms with Gasteiger partial charge in [-0.05, 0) is 36.1 Å². The second-order valence-electron chi connectivity index (χ2n) is 7.29. The Morgan fingerprint density at radius 2 is 2.15 bits per heavy atom. The average molecular weight is 494 g/mol. The van der Waals surface area contributed by atoms with Gasteiger partial charge in [0.25, 0.3) is 15.9 Å². The zero-order valence-electron chi connectivity index (χ0n) is 17.5. The minimum Gasteiger partial charge on any atom is -0.465 e. The maximum atomic E-state index is 13.4. The molecular weight excluding hydrogens is 473 g/mol. The number of aromatic nitrogens is 1. The fourth-order valence-electron chi connectivity index (χ4n) is 3.62. The van der Waals surface area contributed by atoms with Crippen LogP contribution in [0.25, 0.3) is 0 Å². The molecule has 1 aromatic carbocycles. The second-order valence-corrected chi connectivity index (χ2v) is 10.4. The summed E-state index contributed by atoms with van der Waals surface area (Å²) in [5.74, 6) is -1.45. The summed E-state index contributed by atoms with van der Waals surface area (Å²) in [6, 6.07) is 7.33. The lowest BCUT2D eigenvalue weighted by Gasteiger charge is -2.26. The van der Waals surface area contributed by atoms with Crippen LogP contribution in [0, 0.1) is 5.82 Å². The van der Waals surface area contributed by atoms with E-state index in [1.165, 1.54) is 36.4 Å². The molecule has 0 saturated carbocycles. The summed E-state index contributed by atoms with van der Waals surface area (Å²) in [5, 5.41) is 3.53. The third-order valence-corrected chi connectivity index (χ3v) is 8.38. The molecule has 174 valence electrons. The summed E-state index contributed by atoms with van der Waals surface area (Å²) in [7, 11) is -2.88. The summed E-state index contributed by atoms with van der Waals surface area (Å²) in [5.41, 5.74) is 1.18. The van der Waals surface area contributed by atoms with E-state index in [4.69, 9.17) is 9.26 Å². The van der Waals surface area contributed by atoms with Gasteiger partial charge >= 0.3 is 5.97 Å². The standard InChI is InChI=1S/C21H20FN3O6S2/c1-30-20(27)18-15-7-10-25(19(26)16-6-8-23-31-16)12-17(15)32-21(18)33(28,29)24-9-5-13-3-2-4-14(22)11-13/h2-4,6,8,11,24H,5,7,9-10,12H2,1H3. The van der Waals surface area contributed by atoms with Crippen molar-refractivity contribution < 1.29 is 31.7 Å². The number of nitrogens with one attached hydrogen (secondary N) is 1. The normalized spacial score (nSPS) is 13.6. The Morgan fingerprint density at radius 3 is 2.85 bits per heavy atom. The van der Waals surface area contributed by atoms with Gasteiger partial charge in [0.1, 0.15) is 10.0 Å². The van der Waals surface area contributed by atoms with Gasteiger partial charge in [-0.2, -0.15) is 0 Å².